The van der Waals surface area contributed by atoms with Crippen molar-refractivity contribution in [3.05, 3.63) is 24.0 Å². The van der Waals surface area contributed by atoms with Crippen LogP contribution >= 0.6 is 0 Å². The number of hydrogen-bond donors (Lipinski definition) is 0. The first-order chi connectivity index (χ1) is 15.9. The predicted molar refractivity (Wildman–Crippen MR) is 125 cm³/mol. The lowest BCUT2D eigenvalue weighted by molar-refractivity contribution is -0.134. The van der Waals surface area contributed by atoms with Crippen LogP contribution in [0.25, 0.3) is 11.0 Å². The van der Waals surface area contributed by atoms with Gasteiger partial charge in [0, 0.05) is 12.0 Å². The molecule has 5 heteroatoms. The molecule has 5 saturated carbocycles. The van der Waals surface area contributed by atoms with Crippen molar-refractivity contribution in [2.75, 3.05) is 0 Å². The maximum Gasteiger partial charge on any atom is 0.158 e. The molecule has 10 atom stereocenters. The summed E-state index contributed by atoms with van der Waals surface area (Å²) in [5, 5.41) is 8.37. The highest BCUT2D eigenvalue weighted by Crippen LogP contribution is 2.74. The number of rotatable bonds is 3. The quantitative estimate of drug-likeness (QED) is 0.586. The van der Waals surface area contributed by atoms with E-state index >= 15 is 0 Å². The van der Waals surface area contributed by atoms with Gasteiger partial charge in [-0.15, -0.1) is 5.10 Å². The number of nitrogens with zero attached hydrogens (tertiary/aromatic N) is 3. The number of carbonyl (C=O) groups excluding carboxylic acids is 1. The number of hydrogen-bond acceptors (Lipinski definition) is 3. The summed E-state index contributed by atoms with van der Waals surface area (Å²) < 4.78 is 15.5. The molecule has 0 amide bonds. The molecule has 0 aliphatic heterocycles. The monoisotopic (exact) mass is 449 g/mol. The van der Waals surface area contributed by atoms with Gasteiger partial charge in [-0.25, -0.2) is 9.07 Å². The van der Waals surface area contributed by atoms with E-state index in [-0.39, 0.29) is 23.7 Å². The summed E-state index contributed by atoms with van der Waals surface area (Å²) in [6.07, 6.45) is 10.9. The van der Waals surface area contributed by atoms with Crippen molar-refractivity contribution in [1.82, 2.24) is 15.0 Å². The molecule has 1 aromatic carbocycles. The SMILES string of the molecule is C[C@H]1CC[C@H]2[C@H](CC[C@@H]3[C@@H]2CC[C@@]2(C)[C@H]3[C@@H]3C[C@@H]3[C@@H]2C(=O)Cn2nnc3ccc(F)cc32)C1. The van der Waals surface area contributed by atoms with E-state index in [1.165, 1.54) is 63.5 Å². The lowest BCUT2D eigenvalue weighted by Crippen LogP contribution is -2.51. The van der Waals surface area contributed by atoms with E-state index in [1.54, 1.807) is 10.7 Å². The van der Waals surface area contributed by atoms with E-state index in [9.17, 15) is 9.18 Å². The van der Waals surface area contributed by atoms with Gasteiger partial charge in [0.15, 0.2) is 5.78 Å². The summed E-state index contributed by atoms with van der Waals surface area (Å²) >= 11 is 0. The fraction of sp³-hybridized carbons (Fsp3) is 0.750. The molecule has 1 aromatic heterocycles. The number of benzene rings is 1. The van der Waals surface area contributed by atoms with E-state index in [0.29, 0.717) is 22.7 Å². The van der Waals surface area contributed by atoms with Crippen molar-refractivity contribution in [3.63, 3.8) is 0 Å². The zero-order chi connectivity index (χ0) is 22.5. The second-order valence-corrected chi connectivity index (χ2v) is 12.7. The Morgan fingerprint density at radius 2 is 1.91 bits per heavy atom. The average Bonchev–Trinajstić information content (AvgIpc) is 3.36. The van der Waals surface area contributed by atoms with Gasteiger partial charge < -0.3 is 0 Å². The molecule has 176 valence electrons. The van der Waals surface area contributed by atoms with Gasteiger partial charge >= 0.3 is 0 Å². The number of carbonyl (C=O) groups is 1. The maximum absolute atomic E-state index is 13.8. The highest BCUT2D eigenvalue weighted by atomic mass is 19.1. The third kappa shape index (κ3) is 2.96. The van der Waals surface area contributed by atoms with Crippen molar-refractivity contribution in [2.45, 2.75) is 71.8 Å². The average molecular weight is 450 g/mol. The fourth-order valence-corrected chi connectivity index (χ4v) is 9.96. The molecule has 5 aliphatic carbocycles. The first kappa shape index (κ1) is 20.6. The van der Waals surface area contributed by atoms with Gasteiger partial charge in [-0.1, -0.05) is 25.5 Å². The van der Waals surface area contributed by atoms with Gasteiger partial charge in [-0.3, -0.25) is 4.79 Å². The summed E-state index contributed by atoms with van der Waals surface area (Å²) in [4.78, 5) is 13.8. The Morgan fingerprint density at radius 3 is 2.79 bits per heavy atom. The smallest absolute Gasteiger partial charge is 0.158 e. The predicted octanol–water partition coefficient (Wildman–Crippen LogP) is 5.90. The van der Waals surface area contributed by atoms with Crippen LogP contribution in [0.2, 0.25) is 0 Å². The van der Waals surface area contributed by atoms with Crippen LogP contribution in [0.3, 0.4) is 0 Å². The molecule has 5 fully saturated rings. The molecule has 0 N–H and O–H groups in total. The summed E-state index contributed by atoms with van der Waals surface area (Å²) in [7, 11) is 0. The Bertz CT molecular complexity index is 1110. The third-order valence-electron chi connectivity index (χ3n) is 11.1. The molecule has 0 spiro atoms. The van der Waals surface area contributed by atoms with Crippen LogP contribution in [0.5, 0.6) is 0 Å². The molecule has 4 nitrogen and oxygen atoms in total. The zero-order valence-electron chi connectivity index (χ0n) is 19.9. The second-order valence-electron chi connectivity index (χ2n) is 12.7. The van der Waals surface area contributed by atoms with Crippen molar-refractivity contribution in [1.29, 1.82) is 0 Å². The minimum Gasteiger partial charge on any atom is -0.297 e. The van der Waals surface area contributed by atoms with Gasteiger partial charge in [-0.05, 0) is 110 Å². The zero-order valence-corrected chi connectivity index (χ0v) is 19.9. The van der Waals surface area contributed by atoms with Crippen LogP contribution in [0.4, 0.5) is 4.39 Å². The van der Waals surface area contributed by atoms with E-state index in [1.807, 2.05) is 0 Å². The van der Waals surface area contributed by atoms with Crippen LogP contribution in [0.1, 0.15) is 65.2 Å². The van der Waals surface area contributed by atoms with E-state index in [0.717, 1.165) is 41.4 Å². The molecule has 0 radical (unpaired) electrons. The Balaban J connectivity index is 1.15. The second kappa shape index (κ2) is 7.11. The molecule has 0 unspecified atom stereocenters. The lowest BCUT2D eigenvalue weighted by atomic mass is 9.48. The van der Waals surface area contributed by atoms with Crippen molar-refractivity contribution >= 4 is 16.8 Å². The van der Waals surface area contributed by atoms with Gasteiger partial charge in [-0.2, -0.15) is 0 Å². The summed E-state index contributed by atoms with van der Waals surface area (Å²) in [6, 6.07) is 4.50. The largest absolute Gasteiger partial charge is 0.297 e. The summed E-state index contributed by atoms with van der Waals surface area (Å²) in [5.74, 6) is 6.80. The molecule has 1 heterocycles. The number of ketones is 1. The third-order valence-corrected chi connectivity index (χ3v) is 11.1. The molecular weight excluding hydrogens is 413 g/mol. The number of fused-ring (bicyclic) bond motifs is 8. The summed E-state index contributed by atoms with van der Waals surface area (Å²) in [5.41, 5.74) is 1.43. The molecule has 2 aromatic rings. The normalized spacial score (nSPS) is 45.7. The van der Waals surface area contributed by atoms with Crippen molar-refractivity contribution < 1.29 is 9.18 Å². The lowest BCUT2D eigenvalue weighted by Gasteiger charge is -2.57. The highest BCUT2D eigenvalue weighted by molar-refractivity contribution is 5.85. The van der Waals surface area contributed by atoms with E-state index in [4.69, 9.17) is 0 Å². The topological polar surface area (TPSA) is 47.8 Å². The molecular formula is C28H36FN3O. The van der Waals surface area contributed by atoms with E-state index < -0.39 is 0 Å². The molecule has 0 saturated heterocycles. The first-order valence-electron chi connectivity index (χ1n) is 13.5. The van der Waals surface area contributed by atoms with Gasteiger partial charge in [0.25, 0.3) is 0 Å². The van der Waals surface area contributed by atoms with Gasteiger partial charge in [0.1, 0.15) is 17.9 Å². The van der Waals surface area contributed by atoms with Crippen LogP contribution in [0, 0.1) is 64.5 Å². The molecule has 7 rings (SSSR count). The summed E-state index contributed by atoms with van der Waals surface area (Å²) in [6.45, 7) is 5.14. The Morgan fingerprint density at radius 1 is 1.06 bits per heavy atom. The number of Topliss-reactive ketones (excluding diaryl/α,β-unsaturated/α-hetero) is 1. The van der Waals surface area contributed by atoms with Crippen molar-refractivity contribution in [3.8, 4) is 0 Å². The molecule has 0 bridgehead atoms. The maximum atomic E-state index is 13.8. The van der Waals surface area contributed by atoms with Crippen LogP contribution in [-0.4, -0.2) is 20.8 Å². The Kier molecular flexibility index (Phi) is 4.44. The first-order valence-corrected chi connectivity index (χ1v) is 13.5. The van der Waals surface area contributed by atoms with Crippen LogP contribution in [-0.2, 0) is 11.3 Å². The molecule has 5 aliphatic rings. The van der Waals surface area contributed by atoms with Crippen LogP contribution < -0.4 is 0 Å². The van der Waals surface area contributed by atoms with Gasteiger partial charge in [0.05, 0.1) is 5.52 Å². The fourth-order valence-electron chi connectivity index (χ4n) is 9.96. The molecule has 33 heavy (non-hydrogen) atoms. The minimum atomic E-state index is -0.306. The standard InChI is InChI=1S/C28H36FN3O/c1-15-3-6-18-16(11-15)4-7-20-19(18)9-10-28(2)26(20)21-13-22(21)27(28)25(33)14-32-24-12-17(29)5-8-23(24)30-31-32/h5,8,12,15-16,18-22,26-27H,3-4,6-7,9-11,13-14H2,1-2H3/t15-,16+,18-,19+,20+,21+,22-,26+,27+,28-/m0/s1. The van der Waals surface area contributed by atoms with Gasteiger partial charge in [0.2, 0.25) is 0 Å². The Hall–Kier alpha value is -1.78. The minimum absolute atomic E-state index is 0.141. The van der Waals surface area contributed by atoms with Crippen molar-refractivity contribution in [2.24, 2.45) is 58.7 Å². The number of aromatic nitrogens is 3. The Labute approximate surface area is 195 Å². The van der Waals surface area contributed by atoms with E-state index in [2.05, 4.69) is 24.2 Å². The van der Waals surface area contributed by atoms with Crippen LogP contribution in [0.15, 0.2) is 18.2 Å². The highest BCUT2D eigenvalue weighted by Gasteiger charge is 2.70. The number of halogens is 1.